The minimum atomic E-state index is -0.986. The van der Waals surface area contributed by atoms with Crippen LogP contribution in [0.3, 0.4) is 0 Å². The number of aliphatic hydroxyl groups is 1. The molecule has 1 atom stereocenters. The van der Waals surface area contributed by atoms with E-state index < -0.39 is 5.60 Å². The number of carbonyl (C=O) groups excluding carboxylic acids is 2. The molecule has 3 heterocycles. The molecule has 1 aliphatic heterocycles. The van der Waals surface area contributed by atoms with Crippen molar-refractivity contribution in [3.63, 3.8) is 0 Å². The Morgan fingerprint density at radius 1 is 1.23 bits per heavy atom. The molecular weight excluding hydrogens is 380 g/mol. The number of nitrogens with zero attached hydrogens (tertiary/aromatic N) is 3. The highest BCUT2D eigenvalue weighted by Gasteiger charge is 2.48. The van der Waals surface area contributed by atoms with Crippen molar-refractivity contribution >= 4 is 23.0 Å². The van der Waals surface area contributed by atoms with Gasteiger partial charge in [0.1, 0.15) is 0 Å². The number of hydrogen-bond acceptors (Lipinski definition) is 4. The Morgan fingerprint density at radius 2 is 2.03 bits per heavy atom. The first-order valence-electron chi connectivity index (χ1n) is 10.2. The zero-order chi connectivity index (χ0) is 21.0. The summed E-state index contributed by atoms with van der Waals surface area (Å²) in [4.78, 5) is 28.2. The zero-order valence-corrected chi connectivity index (χ0v) is 17.0. The van der Waals surface area contributed by atoms with Gasteiger partial charge in [0, 0.05) is 12.7 Å². The zero-order valence-electron chi connectivity index (χ0n) is 17.0. The Bertz CT molecular complexity index is 1160. The maximum Gasteiger partial charge on any atom is 0.257 e. The lowest BCUT2D eigenvalue weighted by Crippen LogP contribution is -2.51. The quantitative estimate of drug-likeness (QED) is 0.684. The van der Waals surface area contributed by atoms with Gasteiger partial charge in [-0.05, 0) is 62.4 Å². The Labute approximate surface area is 174 Å². The normalized spacial score (nSPS) is 17.3. The molecule has 2 aliphatic rings. The Balaban J connectivity index is 1.47. The van der Waals surface area contributed by atoms with Crippen molar-refractivity contribution in [3.8, 4) is 0 Å². The average molecular weight is 404 g/mol. The molecule has 0 unspecified atom stereocenters. The van der Waals surface area contributed by atoms with E-state index in [1.54, 1.807) is 59.9 Å². The number of pyridine rings is 1. The van der Waals surface area contributed by atoms with E-state index >= 15 is 0 Å². The fraction of sp³-hybridized carbons (Fsp3) is 0.348. The molecule has 7 nitrogen and oxygen atoms in total. The van der Waals surface area contributed by atoms with Crippen molar-refractivity contribution in [1.29, 1.82) is 0 Å². The summed E-state index contributed by atoms with van der Waals surface area (Å²) < 4.78 is 1.64. The smallest absolute Gasteiger partial charge is 0.257 e. The van der Waals surface area contributed by atoms with E-state index in [4.69, 9.17) is 0 Å². The van der Waals surface area contributed by atoms with Gasteiger partial charge in [-0.3, -0.25) is 9.59 Å². The minimum Gasteiger partial charge on any atom is -0.388 e. The Kier molecular flexibility index (Phi) is 4.18. The number of rotatable bonds is 5. The lowest BCUT2D eigenvalue weighted by Gasteiger charge is -2.37. The monoisotopic (exact) mass is 404 g/mol. The average Bonchev–Trinajstić information content (AvgIpc) is 3.29. The molecule has 1 aliphatic carbocycles. The molecule has 1 saturated carbocycles. The van der Waals surface area contributed by atoms with Gasteiger partial charge >= 0.3 is 0 Å². The summed E-state index contributed by atoms with van der Waals surface area (Å²) in [5, 5.41) is 17.8. The number of benzene rings is 1. The maximum absolute atomic E-state index is 13.4. The SMILES string of the molecule is CC(C)(O)[C@@H](C1CC1)N1Cc2cccc(NC(=O)c3cccn4nccc34)c2C1=O. The lowest BCUT2D eigenvalue weighted by atomic mass is 9.93. The van der Waals surface area contributed by atoms with Crippen LogP contribution in [0.4, 0.5) is 5.69 Å². The van der Waals surface area contributed by atoms with Gasteiger partial charge in [-0.1, -0.05) is 12.1 Å². The highest BCUT2D eigenvalue weighted by atomic mass is 16.3. The van der Waals surface area contributed by atoms with Gasteiger partial charge in [0.15, 0.2) is 0 Å². The van der Waals surface area contributed by atoms with Gasteiger partial charge < -0.3 is 15.3 Å². The molecule has 2 aromatic heterocycles. The van der Waals surface area contributed by atoms with Crippen LogP contribution in [0.25, 0.3) is 5.52 Å². The molecule has 2 amide bonds. The third-order valence-electron chi connectivity index (χ3n) is 6.02. The van der Waals surface area contributed by atoms with Crippen LogP contribution >= 0.6 is 0 Å². The molecule has 0 saturated heterocycles. The topological polar surface area (TPSA) is 86.9 Å². The van der Waals surface area contributed by atoms with Crippen LogP contribution in [0.1, 0.15) is 53.0 Å². The Morgan fingerprint density at radius 3 is 2.77 bits per heavy atom. The molecular formula is C23H24N4O3. The van der Waals surface area contributed by atoms with E-state index in [1.165, 1.54) is 0 Å². The van der Waals surface area contributed by atoms with Crippen LogP contribution in [-0.2, 0) is 6.54 Å². The van der Waals surface area contributed by atoms with E-state index in [0.29, 0.717) is 34.8 Å². The van der Waals surface area contributed by atoms with Gasteiger partial charge in [0.25, 0.3) is 11.8 Å². The van der Waals surface area contributed by atoms with Gasteiger partial charge in [0.05, 0.1) is 40.2 Å². The summed E-state index contributed by atoms with van der Waals surface area (Å²) in [5.74, 6) is -0.106. The number of amides is 2. The second-order valence-corrected chi connectivity index (χ2v) is 8.75. The fourth-order valence-electron chi connectivity index (χ4n) is 4.67. The van der Waals surface area contributed by atoms with Crippen LogP contribution < -0.4 is 5.32 Å². The second kappa shape index (κ2) is 6.67. The molecule has 0 spiro atoms. The van der Waals surface area contributed by atoms with Crippen LogP contribution in [0, 0.1) is 5.92 Å². The molecule has 2 N–H and O–H groups in total. The van der Waals surface area contributed by atoms with E-state index in [1.807, 2.05) is 12.1 Å². The molecule has 30 heavy (non-hydrogen) atoms. The van der Waals surface area contributed by atoms with Gasteiger partial charge in [-0.15, -0.1) is 0 Å². The molecule has 0 bridgehead atoms. The van der Waals surface area contributed by atoms with Crippen LogP contribution in [0.2, 0.25) is 0 Å². The van der Waals surface area contributed by atoms with E-state index in [-0.39, 0.29) is 17.9 Å². The summed E-state index contributed by atoms with van der Waals surface area (Å²) in [6.45, 7) is 3.98. The third-order valence-corrected chi connectivity index (χ3v) is 6.02. The van der Waals surface area contributed by atoms with Crippen molar-refractivity contribution in [3.05, 3.63) is 65.5 Å². The predicted molar refractivity (Wildman–Crippen MR) is 112 cm³/mol. The number of aromatic nitrogens is 2. The van der Waals surface area contributed by atoms with E-state index in [2.05, 4.69) is 10.4 Å². The highest BCUT2D eigenvalue weighted by molar-refractivity contribution is 6.13. The first kappa shape index (κ1) is 18.8. The van der Waals surface area contributed by atoms with Crippen molar-refractivity contribution in [1.82, 2.24) is 14.5 Å². The lowest BCUT2D eigenvalue weighted by molar-refractivity contribution is -0.0224. The van der Waals surface area contributed by atoms with Crippen molar-refractivity contribution in [2.75, 3.05) is 5.32 Å². The molecule has 7 heteroatoms. The van der Waals surface area contributed by atoms with Crippen molar-refractivity contribution in [2.45, 2.75) is 44.9 Å². The first-order valence-corrected chi connectivity index (χ1v) is 10.2. The summed E-state index contributed by atoms with van der Waals surface area (Å²) in [6.07, 6.45) is 5.46. The van der Waals surface area contributed by atoms with Crippen LogP contribution in [0.15, 0.2) is 48.8 Å². The van der Waals surface area contributed by atoms with Crippen LogP contribution in [-0.4, -0.2) is 43.1 Å². The molecule has 5 rings (SSSR count). The van der Waals surface area contributed by atoms with Crippen molar-refractivity contribution < 1.29 is 14.7 Å². The second-order valence-electron chi connectivity index (χ2n) is 8.75. The number of fused-ring (bicyclic) bond motifs is 2. The molecule has 0 radical (unpaired) electrons. The van der Waals surface area contributed by atoms with Gasteiger partial charge in [-0.2, -0.15) is 5.10 Å². The summed E-state index contributed by atoms with van der Waals surface area (Å²) in [7, 11) is 0. The maximum atomic E-state index is 13.4. The minimum absolute atomic E-state index is 0.137. The Hall–Kier alpha value is -3.19. The number of anilines is 1. The molecule has 3 aromatic rings. The van der Waals surface area contributed by atoms with Crippen molar-refractivity contribution in [2.24, 2.45) is 5.92 Å². The van der Waals surface area contributed by atoms with Gasteiger partial charge in [-0.25, -0.2) is 4.52 Å². The first-order chi connectivity index (χ1) is 14.3. The van der Waals surface area contributed by atoms with Gasteiger partial charge in [0.2, 0.25) is 0 Å². The summed E-state index contributed by atoms with van der Waals surface area (Å²) >= 11 is 0. The number of hydrogen-bond donors (Lipinski definition) is 2. The fourth-order valence-corrected chi connectivity index (χ4v) is 4.67. The predicted octanol–water partition coefficient (Wildman–Crippen LogP) is 3.09. The number of carbonyl (C=O) groups is 2. The largest absolute Gasteiger partial charge is 0.388 e. The molecule has 1 aromatic carbocycles. The summed E-state index contributed by atoms with van der Waals surface area (Å²) in [6, 6.07) is 10.6. The van der Waals surface area contributed by atoms with E-state index in [9.17, 15) is 14.7 Å². The highest BCUT2D eigenvalue weighted by Crippen LogP contribution is 2.43. The molecule has 1 fully saturated rings. The standard InChI is InChI=1S/C23H24N4O3/c1-23(2,30)20(14-8-9-14)26-13-15-5-3-7-17(19(15)22(26)29)25-21(28)16-6-4-12-27-18(16)10-11-24-27/h3-7,10-12,14,20,30H,8-9,13H2,1-2H3,(H,25,28)/t20-/m1/s1. The van der Waals surface area contributed by atoms with Crippen LogP contribution in [0.5, 0.6) is 0 Å². The third kappa shape index (κ3) is 3.06. The van der Waals surface area contributed by atoms with E-state index in [0.717, 1.165) is 18.4 Å². The summed E-state index contributed by atoms with van der Waals surface area (Å²) in [5.41, 5.74) is 2.09. The number of nitrogens with one attached hydrogen (secondary N) is 1. The molecule has 154 valence electrons.